The fraction of sp³-hybridized carbons (Fsp3) is 0.533. The van der Waals surface area contributed by atoms with Crippen LogP contribution in [0, 0.1) is 0 Å². The van der Waals surface area contributed by atoms with Gasteiger partial charge in [-0.1, -0.05) is 19.1 Å². The predicted octanol–water partition coefficient (Wildman–Crippen LogP) is 2.44. The first kappa shape index (κ1) is 16.5. The highest BCUT2D eigenvalue weighted by Gasteiger charge is 2.08. The molecule has 1 rings (SSSR count). The number of aliphatic hydroxyl groups is 1. The van der Waals surface area contributed by atoms with Crippen molar-refractivity contribution in [2.45, 2.75) is 32.5 Å². The summed E-state index contributed by atoms with van der Waals surface area (Å²) < 4.78 is 15.2. The lowest BCUT2D eigenvalue weighted by Crippen LogP contribution is -2.07. The Balaban J connectivity index is 2.32. The third-order valence-electron chi connectivity index (χ3n) is 2.67. The van der Waals surface area contributed by atoms with Gasteiger partial charge in [0.05, 0.1) is 20.3 Å². The number of hydrogen-bond donors (Lipinski definition) is 1. The van der Waals surface area contributed by atoms with Crippen molar-refractivity contribution in [2.24, 2.45) is 0 Å². The monoisotopic (exact) mass is 282 g/mol. The second kappa shape index (κ2) is 9.34. The predicted molar refractivity (Wildman–Crippen MR) is 74.4 cm³/mol. The molecule has 1 N–H and O–H groups in total. The molecule has 1 aromatic carbocycles. The lowest BCUT2D eigenvalue weighted by atomic mass is 10.2. The normalized spacial score (nSPS) is 11.9. The van der Waals surface area contributed by atoms with E-state index < -0.39 is 6.29 Å². The van der Waals surface area contributed by atoms with Gasteiger partial charge in [-0.2, -0.15) is 0 Å². The number of aliphatic hydroxyl groups excluding tert-OH is 1. The SMILES string of the molecule is CCCOc1ccc(C(O)OCCCC(=O)OC)cc1. The number of methoxy groups -OCH3 is 1. The van der Waals surface area contributed by atoms with E-state index in [9.17, 15) is 9.90 Å². The molecular formula is C15H22O5. The van der Waals surface area contributed by atoms with Crippen molar-refractivity contribution in [1.82, 2.24) is 0 Å². The molecule has 0 amide bonds. The van der Waals surface area contributed by atoms with E-state index in [2.05, 4.69) is 4.74 Å². The Hall–Kier alpha value is -1.59. The summed E-state index contributed by atoms with van der Waals surface area (Å²) in [6.45, 7) is 3.01. The van der Waals surface area contributed by atoms with Crippen molar-refractivity contribution < 1.29 is 24.1 Å². The molecule has 0 bridgehead atoms. The molecular weight excluding hydrogens is 260 g/mol. The Morgan fingerprint density at radius 3 is 2.55 bits per heavy atom. The zero-order chi connectivity index (χ0) is 14.8. The molecule has 0 aliphatic carbocycles. The van der Waals surface area contributed by atoms with E-state index in [0.717, 1.165) is 12.2 Å². The van der Waals surface area contributed by atoms with Crippen LogP contribution < -0.4 is 4.74 Å². The molecule has 0 aliphatic heterocycles. The summed E-state index contributed by atoms with van der Waals surface area (Å²) in [5, 5.41) is 9.83. The Labute approximate surface area is 119 Å². The second-order valence-corrected chi connectivity index (χ2v) is 4.32. The summed E-state index contributed by atoms with van der Waals surface area (Å²) >= 11 is 0. The molecule has 5 heteroatoms. The number of hydrogen-bond acceptors (Lipinski definition) is 5. The highest BCUT2D eigenvalue weighted by atomic mass is 16.6. The van der Waals surface area contributed by atoms with Gasteiger partial charge < -0.3 is 19.3 Å². The quantitative estimate of drug-likeness (QED) is 0.428. The van der Waals surface area contributed by atoms with E-state index in [1.807, 2.05) is 6.92 Å². The summed E-state index contributed by atoms with van der Waals surface area (Å²) in [5.41, 5.74) is 0.659. The zero-order valence-electron chi connectivity index (χ0n) is 12.0. The van der Waals surface area contributed by atoms with Crippen LogP contribution in [-0.4, -0.2) is 31.4 Å². The lowest BCUT2D eigenvalue weighted by Gasteiger charge is -2.13. The average molecular weight is 282 g/mol. The molecule has 5 nitrogen and oxygen atoms in total. The summed E-state index contributed by atoms with van der Waals surface area (Å²) in [4.78, 5) is 10.9. The van der Waals surface area contributed by atoms with Crippen LogP contribution in [0.5, 0.6) is 5.75 Å². The van der Waals surface area contributed by atoms with Gasteiger partial charge in [-0.15, -0.1) is 0 Å². The summed E-state index contributed by atoms with van der Waals surface area (Å²) in [5.74, 6) is 0.494. The van der Waals surface area contributed by atoms with Gasteiger partial charge in [-0.25, -0.2) is 0 Å². The highest BCUT2D eigenvalue weighted by molar-refractivity contribution is 5.68. The maximum absolute atomic E-state index is 10.9. The highest BCUT2D eigenvalue weighted by Crippen LogP contribution is 2.19. The van der Waals surface area contributed by atoms with Crippen LogP contribution in [0.3, 0.4) is 0 Å². The Bertz CT molecular complexity index is 388. The molecule has 1 unspecified atom stereocenters. The summed E-state index contributed by atoms with van der Waals surface area (Å²) in [6.07, 6.45) is 0.759. The Morgan fingerprint density at radius 1 is 1.25 bits per heavy atom. The number of carbonyl (C=O) groups excluding carboxylic acids is 1. The van der Waals surface area contributed by atoms with Crippen LogP contribution in [-0.2, 0) is 14.3 Å². The van der Waals surface area contributed by atoms with Crippen molar-refractivity contribution in [3.8, 4) is 5.75 Å². The first-order valence-corrected chi connectivity index (χ1v) is 6.76. The van der Waals surface area contributed by atoms with Gasteiger partial charge in [0.25, 0.3) is 0 Å². The van der Waals surface area contributed by atoms with Gasteiger partial charge in [-0.3, -0.25) is 4.79 Å². The molecule has 0 spiro atoms. The molecule has 0 aliphatic rings. The zero-order valence-corrected chi connectivity index (χ0v) is 12.0. The van der Waals surface area contributed by atoms with E-state index >= 15 is 0 Å². The van der Waals surface area contributed by atoms with E-state index in [4.69, 9.17) is 9.47 Å². The number of carbonyl (C=O) groups is 1. The van der Waals surface area contributed by atoms with Crippen LogP contribution in [0.2, 0.25) is 0 Å². The van der Waals surface area contributed by atoms with Crippen LogP contribution in [0.1, 0.15) is 38.0 Å². The smallest absolute Gasteiger partial charge is 0.305 e. The van der Waals surface area contributed by atoms with Gasteiger partial charge in [0.2, 0.25) is 0 Å². The van der Waals surface area contributed by atoms with Gasteiger partial charge in [0.15, 0.2) is 6.29 Å². The Morgan fingerprint density at radius 2 is 1.95 bits per heavy atom. The summed E-state index contributed by atoms with van der Waals surface area (Å²) in [7, 11) is 1.35. The topological polar surface area (TPSA) is 65.0 Å². The van der Waals surface area contributed by atoms with Crippen molar-refractivity contribution in [3.63, 3.8) is 0 Å². The molecule has 0 saturated heterocycles. The number of rotatable bonds is 9. The first-order chi connectivity index (χ1) is 9.67. The molecule has 0 radical (unpaired) electrons. The van der Waals surface area contributed by atoms with Crippen LogP contribution in [0.25, 0.3) is 0 Å². The minimum Gasteiger partial charge on any atom is -0.494 e. The maximum Gasteiger partial charge on any atom is 0.305 e. The van der Waals surface area contributed by atoms with Crippen LogP contribution in [0.4, 0.5) is 0 Å². The third-order valence-corrected chi connectivity index (χ3v) is 2.67. The molecule has 0 saturated carbocycles. The molecule has 0 fully saturated rings. The number of benzene rings is 1. The van der Waals surface area contributed by atoms with Crippen molar-refractivity contribution >= 4 is 5.97 Å². The fourth-order valence-corrected chi connectivity index (χ4v) is 1.56. The van der Waals surface area contributed by atoms with Gasteiger partial charge in [0.1, 0.15) is 5.75 Å². The van der Waals surface area contributed by atoms with Crippen LogP contribution >= 0.6 is 0 Å². The molecule has 0 aromatic heterocycles. The van der Waals surface area contributed by atoms with Gasteiger partial charge in [0, 0.05) is 12.0 Å². The average Bonchev–Trinajstić information content (AvgIpc) is 2.49. The Kier molecular flexibility index (Phi) is 7.69. The lowest BCUT2D eigenvalue weighted by molar-refractivity contribution is -0.142. The van der Waals surface area contributed by atoms with E-state index in [0.29, 0.717) is 25.2 Å². The standard InChI is InChI=1S/C15H22O5/c1-3-10-19-13-8-6-12(7-9-13)15(17)20-11-4-5-14(16)18-2/h6-9,15,17H,3-5,10-11H2,1-2H3. The number of ether oxygens (including phenoxy) is 3. The largest absolute Gasteiger partial charge is 0.494 e. The molecule has 112 valence electrons. The minimum absolute atomic E-state index is 0.277. The van der Waals surface area contributed by atoms with E-state index in [1.54, 1.807) is 24.3 Å². The van der Waals surface area contributed by atoms with Gasteiger partial charge >= 0.3 is 5.97 Å². The number of esters is 1. The molecule has 1 aromatic rings. The first-order valence-electron chi connectivity index (χ1n) is 6.76. The van der Waals surface area contributed by atoms with Crippen LogP contribution in [0.15, 0.2) is 24.3 Å². The molecule has 20 heavy (non-hydrogen) atoms. The maximum atomic E-state index is 10.9. The van der Waals surface area contributed by atoms with E-state index in [1.165, 1.54) is 7.11 Å². The summed E-state index contributed by atoms with van der Waals surface area (Å²) in [6, 6.07) is 7.12. The van der Waals surface area contributed by atoms with Crippen molar-refractivity contribution in [2.75, 3.05) is 20.3 Å². The van der Waals surface area contributed by atoms with Crippen molar-refractivity contribution in [3.05, 3.63) is 29.8 Å². The molecule has 1 atom stereocenters. The van der Waals surface area contributed by atoms with Crippen molar-refractivity contribution in [1.29, 1.82) is 0 Å². The van der Waals surface area contributed by atoms with Gasteiger partial charge in [-0.05, 0) is 25.0 Å². The molecule has 0 heterocycles. The minimum atomic E-state index is -0.993. The third kappa shape index (κ3) is 6.04. The fourth-order valence-electron chi connectivity index (χ4n) is 1.56. The second-order valence-electron chi connectivity index (χ2n) is 4.32. The van der Waals surface area contributed by atoms with E-state index in [-0.39, 0.29) is 12.4 Å².